The van der Waals surface area contributed by atoms with Crippen LogP contribution in [-0.2, 0) is 22.0 Å². The van der Waals surface area contributed by atoms with Crippen molar-refractivity contribution in [3.63, 3.8) is 0 Å². The van der Waals surface area contributed by atoms with E-state index in [0.717, 1.165) is 16.1 Å². The maximum absolute atomic E-state index is 13.0. The van der Waals surface area contributed by atoms with Crippen molar-refractivity contribution < 1.29 is 14.3 Å². The summed E-state index contributed by atoms with van der Waals surface area (Å²) in [6.07, 6.45) is 4.65. The fraction of sp³-hybridized carbons (Fsp3) is 0.333. The van der Waals surface area contributed by atoms with Crippen molar-refractivity contribution in [1.82, 2.24) is 19.7 Å². The molecule has 1 saturated heterocycles. The van der Waals surface area contributed by atoms with E-state index in [4.69, 9.17) is 4.74 Å². The second kappa shape index (κ2) is 7.79. The van der Waals surface area contributed by atoms with Crippen LogP contribution in [0.1, 0.15) is 28.9 Å². The molecule has 2 aromatic heterocycles. The third-order valence-electron chi connectivity index (χ3n) is 5.48. The molecule has 29 heavy (non-hydrogen) atoms. The van der Waals surface area contributed by atoms with Crippen molar-refractivity contribution in [2.75, 3.05) is 20.2 Å². The van der Waals surface area contributed by atoms with Crippen LogP contribution in [0, 0.1) is 0 Å². The summed E-state index contributed by atoms with van der Waals surface area (Å²) < 4.78 is 6.83. The van der Waals surface area contributed by atoms with E-state index in [1.54, 1.807) is 21.2 Å². The Kier molecular flexibility index (Phi) is 5.19. The number of carbonyl (C=O) groups is 2. The Balaban J connectivity index is 1.51. The lowest BCUT2D eigenvalue weighted by molar-refractivity contribution is -0.149. The third kappa shape index (κ3) is 3.55. The number of rotatable bonds is 4. The lowest BCUT2D eigenvalue weighted by Gasteiger charge is -2.39. The SMILES string of the molecule is COC(=O)C1(c2ccccc2)CCN(C(=O)c2csc(-c3cnn(C)c3)n2)CC1. The van der Waals surface area contributed by atoms with Gasteiger partial charge in [-0.3, -0.25) is 14.3 Å². The highest BCUT2D eigenvalue weighted by Crippen LogP contribution is 2.37. The molecule has 1 aromatic carbocycles. The Morgan fingerprint density at radius 3 is 2.52 bits per heavy atom. The molecule has 0 spiro atoms. The van der Waals surface area contributed by atoms with Crippen molar-refractivity contribution in [3.8, 4) is 10.6 Å². The summed E-state index contributed by atoms with van der Waals surface area (Å²) in [4.78, 5) is 31.9. The molecule has 0 N–H and O–H groups in total. The molecule has 7 nitrogen and oxygen atoms in total. The van der Waals surface area contributed by atoms with Gasteiger partial charge in [-0.05, 0) is 18.4 Å². The molecule has 1 aliphatic rings. The van der Waals surface area contributed by atoms with Crippen molar-refractivity contribution in [3.05, 3.63) is 59.4 Å². The van der Waals surface area contributed by atoms with Gasteiger partial charge in [-0.15, -0.1) is 11.3 Å². The van der Waals surface area contributed by atoms with Crippen LogP contribution in [-0.4, -0.2) is 51.7 Å². The lowest BCUT2D eigenvalue weighted by Crippen LogP contribution is -2.49. The normalized spacial score (nSPS) is 15.9. The highest BCUT2D eigenvalue weighted by Gasteiger charge is 2.44. The average Bonchev–Trinajstić information content (AvgIpc) is 3.42. The number of esters is 1. The van der Waals surface area contributed by atoms with Crippen LogP contribution in [0.3, 0.4) is 0 Å². The summed E-state index contributed by atoms with van der Waals surface area (Å²) in [5.41, 5.74) is 1.55. The van der Waals surface area contributed by atoms with Crippen LogP contribution in [0.15, 0.2) is 48.1 Å². The second-order valence-electron chi connectivity index (χ2n) is 7.17. The van der Waals surface area contributed by atoms with Crippen LogP contribution in [0.2, 0.25) is 0 Å². The quantitative estimate of drug-likeness (QED) is 0.618. The number of hydrogen-bond donors (Lipinski definition) is 0. The van der Waals surface area contributed by atoms with E-state index in [1.165, 1.54) is 18.4 Å². The largest absolute Gasteiger partial charge is 0.468 e. The summed E-state index contributed by atoms with van der Waals surface area (Å²) in [5.74, 6) is -0.355. The first-order valence-electron chi connectivity index (χ1n) is 9.41. The number of aryl methyl sites for hydroxylation is 1. The third-order valence-corrected chi connectivity index (χ3v) is 6.37. The molecule has 150 valence electrons. The molecule has 1 aliphatic heterocycles. The summed E-state index contributed by atoms with van der Waals surface area (Å²) in [6, 6.07) is 9.68. The topological polar surface area (TPSA) is 77.3 Å². The van der Waals surface area contributed by atoms with Gasteiger partial charge in [0.25, 0.3) is 5.91 Å². The second-order valence-corrected chi connectivity index (χ2v) is 8.03. The van der Waals surface area contributed by atoms with Gasteiger partial charge in [-0.1, -0.05) is 30.3 Å². The van der Waals surface area contributed by atoms with E-state index in [2.05, 4.69) is 10.1 Å². The number of methoxy groups -OCH3 is 1. The van der Waals surface area contributed by atoms with E-state index in [-0.39, 0.29) is 11.9 Å². The van der Waals surface area contributed by atoms with Crippen LogP contribution in [0.5, 0.6) is 0 Å². The van der Waals surface area contributed by atoms with Crippen LogP contribution in [0.25, 0.3) is 10.6 Å². The molecule has 0 radical (unpaired) electrons. The number of carbonyl (C=O) groups excluding carboxylic acids is 2. The summed E-state index contributed by atoms with van der Waals surface area (Å²) in [5, 5.41) is 6.70. The molecular weight excluding hydrogens is 388 g/mol. The van der Waals surface area contributed by atoms with Crippen molar-refractivity contribution in [1.29, 1.82) is 0 Å². The Labute approximate surface area is 172 Å². The molecule has 3 heterocycles. The molecule has 0 atom stereocenters. The van der Waals surface area contributed by atoms with Gasteiger partial charge in [0.05, 0.1) is 18.7 Å². The first-order chi connectivity index (χ1) is 14.0. The molecule has 8 heteroatoms. The van der Waals surface area contributed by atoms with Crippen LogP contribution < -0.4 is 0 Å². The first-order valence-corrected chi connectivity index (χ1v) is 10.3. The van der Waals surface area contributed by atoms with Gasteiger partial charge in [0, 0.05) is 37.3 Å². The fourth-order valence-electron chi connectivity index (χ4n) is 3.85. The predicted octanol–water partition coefficient (Wildman–Crippen LogP) is 2.89. The minimum Gasteiger partial charge on any atom is -0.468 e. The number of amides is 1. The Hall–Kier alpha value is -3.00. The van der Waals surface area contributed by atoms with E-state index in [1.807, 2.05) is 43.6 Å². The minimum absolute atomic E-state index is 0.108. The fourth-order valence-corrected chi connectivity index (χ4v) is 4.62. The van der Waals surface area contributed by atoms with Gasteiger partial charge in [0.15, 0.2) is 0 Å². The van der Waals surface area contributed by atoms with Crippen molar-refractivity contribution >= 4 is 23.2 Å². The molecule has 0 saturated carbocycles. The van der Waals surface area contributed by atoms with Crippen molar-refractivity contribution in [2.45, 2.75) is 18.3 Å². The van der Waals surface area contributed by atoms with Gasteiger partial charge in [0.1, 0.15) is 10.7 Å². The number of piperidine rings is 1. The van der Waals surface area contributed by atoms with E-state index in [0.29, 0.717) is 31.6 Å². The summed E-state index contributed by atoms with van der Waals surface area (Å²) in [6.45, 7) is 0.950. The van der Waals surface area contributed by atoms with Gasteiger partial charge in [0.2, 0.25) is 0 Å². The van der Waals surface area contributed by atoms with E-state index < -0.39 is 5.41 Å². The number of hydrogen-bond acceptors (Lipinski definition) is 6. The van der Waals surface area contributed by atoms with Gasteiger partial charge < -0.3 is 9.64 Å². The zero-order valence-corrected chi connectivity index (χ0v) is 17.2. The zero-order valence-electron chi connectivity index (χ0n) is 16.4. The molecule has 0 unspecified atom stereocenters. The maximum Gasteiger partial charge on any atom is 0.316 e. The maximum atomic E-state index is 13.0. The number of ether oxygens (including phenoxy) is 1. The van der Waals surface area contributed by atoms with Crippen molar-refractivity contribution in [2.24, 2.45) is 7.05 Å². The van der Waals surface area contributed by atoms with E-state index in [9.17, 15) is 9.59 Å². The minimum atomic E-state index is -0.713. The number of thiazole rings is 1. The van der Waals surface area contributed by atoms with Gasteiger partial charge in [-0.2, -0.15) is 5.10 Å². The van der Waals surface area contributed by atoms with Gasteiger partial charge >= 0.3 is 5.97 Å². The highest BCUT2D eigenvalue weighted by atomic mass is 32.1. The molecule has 0 bridgehead atoms. The van der Waals surface area contributed by atoms with Crippen LogP contribution >= 0.6 is 11.3 Å². The molecule has 1 fully saturated rings. The first kappa shape index (κ1) is 19.3. The number of nitrogens with zero attached hydrogens (tertiary/aromatic N) is 4. The summed E-state index contributed by atoms with van der Waals surface area (Å²) in [7, 11) is 3.26. The lowest BCUT2D eigenvalue weighted by atomic mass is 9.72. The Morgan fingerprint density at radius 2 is 1.90 bits per heavy atom. The molecule has 0 aliphatic carbocycles. The predicted molar refractivity (Wildman–Crippen MR) is 110 cm³/mol. The monoisotopic (exact) mass is 410 g/mol. The Bertz CT molecular complexity index is 1020. The molecule has 1 amide bonds. The average molecular weight is 410 g/mol. The highest BCUT2D eigenvalue weighted by molar-refractivity contribution is 7.13. The summed E-state index contributed by atoms with van der Waals surface area (Å²) >= 11 is 1.43. The molecular formula is C21H22N4O3S. The smallest absolute Gasteiger partial charge is 0.316 e. The van der Waals surface area contributed by atoms with E-state index >= 15 is 0 Å². The number of benzene rings is 1. The number of likely N-dealkylation sites (tertiary alicyclic amines) is 1. The zero-order chi connectivity index (χ0) is 20.4. The molecule has 4 rings (SSSR count). The number of aromatic nitrogens is 3. The van der Waals surface area contributed by atoms with Gasteiger partial charge in [-0.25, -0.2) is 4.98 Å². The standard InChI is InChI=1S/C21H22N4O3S/c1-24-13-15(12-22-24)18-23-17(14-29-18)19(26)25-10-8-21(9-11-25,20(27)28-2)16-6-4-3-5-7-16/h3-7,12-14H,8-11H2,1-2H3. The van der Waals surface area contributed by atoms with Crippen LogP contribution in [0.4, 0.5) is 0 Å². The Morgan fingerprint density at radius 1 is 1.17 bits per heavy atom. The molecule has 3 aromatic rings.